The minimum atomic E-state index is -0.511. The Morgan fingerprint density at radius 1 is 1.33 bits per heavy atom. The zero-order valence-electron chi connectivity index (χ0n) is 14.3. The first-order chi connectivity index (χ1) is 11.4. The number of thioether (sulfide) groups is 1. The van der Waals surface area contributed by atoms with E-state index in [0.717, 1.165) is 6.42 Å². The Morgan fingerprint density at radius 2 is 2.04 bits per heavy atom. The maximum Gasteiger partial charge on any atom is 0.329 e. The molecule has 0 radical (unpaired) electrons. The number of aromatic amines is 1. The number of aryl methyl sites for hydroxylation is 2. The number of aromatic nitrogens is 4. The number of nitrogens with zero attached hydrogens (tertiary/aromatic N) is 3. The molecule has 0 amide bonds. The molecule has 0 aliphatic rings. The number of fused-ring (bicyclic) bond motifs is 1. The van der Waals surface area contributed by atoms with Crippen LogP contribution < -0.4 is 11.2 Å². The minimum absolute atomic E-state index is 0.303. The van der Waals surface area contributed by atoms with Gasteiger partial charge in [-0.05, 0) is 19.8 Å². The second kappa shape index (κ2) is 7.69. The van der Waals surface area contributed by atoms with Crippen molar-refractivity contribution in [3.63, 3.8) is 0 Å². The number of ether oxygens (including phenoxy) is 1. The van der Waals surface area contributed by atoms with Crippen molar-refractivity contribution in [3.05, 3.63) is 20.8 Å². The zero-order valence-corrected chi connectivity index (χ0v) is 15.1. The molecule has 24 heavy (non-hydrogen) atoms. The largest absolute Gasteiger partial charge is 0.465 e. The molecule has 0 saturated heterocycles. The molecule has 8 nitrogen and oxygen atoms in total. The molecule has 0 bridgehead atoms. The van der Waals surface area contributed by atoms with Crippen molar-refractivity contribution < 1.29 is 9.53 Å². The molecule has 132 valence electrons. The number of imidazole rings is 1. The first-order valence-corrected chi connectivity index (χ1v) is 8.85. The summed E-state index contributed by atoms with van der Waals surface area (Å²) in [5, 5.41) is 0.131. The highest BCUT2D eigenvalue weighted by atomic mass is 32.2. The lowest BCUT2D eigenvalue weighted by Crippen LogP contribution is -2.29. The molecule has 0 aliphatic carbocycles. The van der Waals surface area contributed by atoms with E-state index in [-0.39, 0.29) is 5.97 Å². The average molecular weight is 354 g/mol. The third-order valence-corrected chi connectivity index (χ3v) is 4.92. The summed E-state index contributed by atoms with van der Waals surface area (Å²) in [6, 6.07) is 0. The van der Waals surface area contributed by atoms with E-state index in [9.17, 15) is 14.4 Å². The van der Waals surface area contributed by atoms with Crippen LogP contribution in [0.4, 0.5) is 0 Å². The first kappa shape index (κ1) is 18.3. The van der Waals surface area contributed by atoms with Gasteiger partial charge < -0.3 is 9.30 Å². The first-order valence-electron chi connectivity index (χ1n) is 7.97. The SMILES string of the molecule is CCCn1c(SC(CC)C(=O)OCC)nc2c1c(=O)[nH]c(=O)n2C. The normalized spacial score (nSPS) is 12.5. The van der Waals surface area contributed by atoms with Crippen LogP contribution in [0.5, 0.6) is 0 Å². The fraction of sp³-hybridized carbons (Fsp3) is 0.600. The lowest BCUT2D eigenvalue weighted by Gasteiger charge is -2.13. The summed E-state index contributed by atoms with van der Waals surface area (Å²) in [6.45, 7) is 6.52. The van der Waals surface area contributed by atoms with Gasteiger partial charge in [-0.1, -0.05) is 25.6 Å². The van der Waals surface area contributed by atoms with Crippen molar-refractivity contribution in [1.29, 1.82) is 0 Å². The average Bonchev–Trinajstić information content (AvgIpc) is 2.90. The lowest BCUT2D eigenvalue weighted by molar-refractivity contribution is -0.142. The summed E-state index contributed by atoms with van der Waals surface area (Å²) in [4.78, 5) is 42.8. The lowest BCUT2D eigenvalue weighted by atomic mass is 10.3. The van der Waals surface area contributed by atoms with Gasteiger partial charge in [-0.3, -0.25) is 19.1 Å². The number of carbonyl (C=O) groups excluding carboxylic acids is 1. The van der Waals surface area contributed by atoms with Crippen molar-refractivity contribution in [2.24, 2.45) is 7.05 Å². The van der Waals surface area contributed by atoms with E-state index in [1.54, 1.807) is 18.5 Å². The van der Waals surface area contributed by atoms with Gasteiger partial charge in [-0.25, -0.2) is 9.78 Å². The molecule has 0 fully saturated rings. The summed E-state index contributed by atoms with van der Waals surface area (Å²) in [7, 11) is 1.56. The third-order valence-electron chi connectivity index (χ3n) is 3.59. The molecule has 1 unspecified atom stereocenters. The molecule has 0 saturated carbocycles. The second-order valence-corrected chi connectivity index (χ2v) is 6.47. The fourth-order valence-electron chi connectivity index (χ4n) is 2.40. The van der Waals surface area contributed by atoms with Crippen LogP contribution in [-0.2, 0) is 23.1 Å². The van der Waals surface area contributed by atoms with Gasteiger partial charge in [0.25, 0.3) is 5.56 Å². The predicted molar refractivity (Wildman–Crippen MR) is 92.5 cm³/mol. The van der Waals surface area contributed by atoms with Crippen LogP contribution in [0, 0.1) is 0 Å². The maximum absolute atomic E-state index is 12.2. The number of esters is 1. The van der Waals surface area contributed by atoms with Gasteiger partial charge in [-0.2, -0.15) is 0 Å². The molecule has 1 N–H and O–H groups in total. The Hall–Kier alpha value is -2.03. The van der Waals surface area contributed by atoms with E-state index in [0.29, 0.717) is 35.9 Å². The van der Waals surface area contributed by atoms with Crippen molar-refractivity contribution >= 4 is 28.9 Å². The van der Waals surface area contributed by atoms with E-state index in [1.807, 2.05) is 13.8 Å². The molecule has 9 heteroatoms. The zero-order chi connectivity index (χ0) is 17.9. The molecular formula is C15H22N4O4S. The Labute approximate surface area is 143 Å². The van der Waals surface area contributed by atoms with Crippen LogP contribution in [0.25, 0.3) is 11.2 Å². The Morgan fingerprint density at radius 3 is 2.62 bits per heavy atom. The maximum atomic E-state index is 12.2. The number of H-pyrrole nitrogens is 1. The van der Waals surface area contributed by atoms with Gasteiger partial charge in [0, 0.05) is 13.6 Å². The molecule has 2 heterocycles. The Kier molecular flexibility index (Phi) is 5.87. The van der Waals surface area contributed by atoms with Crippen molar-refractivity contribution in [3.8, 4) is 0 Å². The standard InChI is InChI=1S/C15H22N4O4S/c1-5-8-19-10-11(18(4)14(22)17-12(10)20)16-15(19)24-9(6-2)13(21)23-7-3/h9H,5-8H2,1-4H3,(H,17,20,22). The van der Waals surface area contributed by atoms with Gasteiger partial charge in [0.2, 0.25) is 0 Å². The topological polar surface area (TPSA) is 99.0 Å². The van der Waals surface area contributed by atoms with Crippen LogP contribution in [0.15, 0.2) is 14.7 Å². The van der Waals surface area contributed by atoms with E-state index in [2.05, 4.69) is 9.97 Å². The van der Waals surface area contributed by atoms with Gasteiger partial charge in [-0.15, -0.1) is 0 Å². The molecule has 1 atom stereocenters. The van der Waals surface area contributed by atoms with E-state index < -0.39 is 16.5 Å². The van der Waals surface area contributed by atoms with Crippen LogP contribution >= 0.6 is 11.8 Å². The summed E-state index contributed by atoms with van der Waals surface area (Å²) in [5.74, 6) is -0.303. The van der Waals surface area contributed by atoms with Crippen molar-refractivity contribution in [2.45, 2.75) is 50.6 Å². The minimum Gasteiger partial charge on any atom is -0.465 e. The number of carbonyl (C=O) groups is 1. The smallest absolute Gasteiger partial charge is 0.329 e. The molecule has 2 aromatic rings. The summed E-state index contributed by atoms with van der Waals surface area (Å²) < 4.78 is 8.16. The highest BCUT2D eigenvalue weighted by molar-refractivity contribution is 8.00. The number of hydrogen-bond donors (Lipinski definition) is 1. The molecule has 2 aromatic heterocycles. The van der Waals surface area contributed by atoms with Crippen LogP contribution in [-0.4, -0.2) is 36.9 Å². The number of hydrogen-bond acceptors (Lipinski definition) is 6. The summed E-state index contributed by atoms with van der Waals surface area (Å²) in [6.07, 6.45) is 1.37. The molecule has 2 rings (SSSR count). The number of rotatable bonds is 7. The Balaban J connectivity index is 2.57. The highest BCUT2D eigenvalue weighted by Crippen LogP contribution is 2.28. The molecular weight excluding hydrogens is 332 g/mol. The van der Waals surface area contributed by atoms with Crippen molar-refractivity contribution in [2.75, 3.05) is 6.61 Å². The molecule has 0 aliphatic heterocycles. The quantitative estimate of drug-likeness (QED) is 0.594. The van der Waals surface area contributed by atoms with Crippen LogP contribution in [0.3, 0.4) is 0 Å². The molecule has 0 spiro atoms. The second-order valence-electron chi connectivity index (χ2n) is 5.30. The van der Waals surface area contributed by atoms with Crippen LogP contribution in [0.2, 0.25) is 0 Å². The third kappa shape index (κ3) is 3.40. The Bertz CT molecular complexity index is 852. The molecule has 0 aromatic carbocycles. The van der Waals surface area contributed by atoms with Gasteiger partial charge in [0.15, 0.2) is 16.3 Å². The van der Waals surface area contributed by atoms with Crippen molar-refractivity contribution in [1.82, 2.24) is 19.1 Å². The van der Waals surface area contributed by atoms with Crippen LogP contribution in [0.1, 0.15) is 33.6 Å². The van der Waals surface area contributed by atoms with E-state index >= 15 is 0 Å². The highest BCUT2D eigenvalue weighted by Gasteiger charge is 2.24. The fourth-order valence-corrected chi connectivity index (χ4v) is 3.43. The van der Waals surface area contributed by atoms with Gasteiger partial charge in [0.05, 0.1) is 6.61 Å². The van der Waals surface area contributed by atoms with E-state index in [4.69, 9.17) is 4.74 Å². The predicted octanol–water partition coefficient (Wildman–Crippen LogP) is 1.27. The van der Waals surface area contributed by atoms with E-state index in [1.165, 1.54) is 16.3 Å². The number of nitrogens with one attached hydrogen (secondary N) is 1. The monoisotopic (exact) mass is 354 g/mol. The summed E-state index contributed by atoms with van der Waals surface area (Å²) >= 11 is 1.26. The van der Waals surface area contributed by atoms with Gasteiger partial charge >= 0.3 is 11.7 Å². The van der Waals surface area contributed by atoms with Gasteiger partial charge in [0.1, 0.15) is 5.25 Å². The summed E-state index contributed by atoms with van der Waals surface area (Å²) in [5.41, 5.74) is -0.314.